The zero-order chi connectivity index (χ0) is 36.7. The second kappa shape index (κ2) is 17.2. The first-order valence-electron chi connectivity index (χ1n) is 18.9. The third-order valence-electron chi connectivity index (χ3n) is 10.6. The fraction of sp³-hybridized carbons (Fsp3) is 0.488. The summed E-state index contributed by atoms with van der Waals surface area (Å²) in [6.45, 7) is 10.8. The standard InChI is InChI=1S/C43H55N3O6/c1-5-24-50-42(49)44-26-34-11-6-8-12-36(34)30-18-20-33(21-19-30)41-51-35(25-39(52-41)32-16-14-29(28-47)15-17-32)27-46-37-13-9-7-10-31(37)22-23-38(46)40(48)45-43(2,3)4/h5-6,8,11-12,14-21,31,35,37-39,41,47H,1,7,9-10,13,22-28H2,2-4H3,(H,44,49)(H,45,48). The van der Waals surface area contributed by atoms with Gasteiger partial charge in [-0.2, -0.15) is 0 Å². The molecule has 52 heavy (non-hydrogen) atoms. The van der Waals surface area contributed by atoms with Gasteiger partial charge in [-0.3, -0.25) is 9.69 Å². The Labute approximate surface area is 308 Å². The molecule has 9 nitrogen and oxygen atoms in total. The molecule has 6 atom stereocenters. The van der Waals surface area contributed by atoms with E-state index < -0.39 is 12.4 Å². The number of nitrogens with zero attached hydrogens (tertiary/aromatic N) is 1. The number of rotatable bonds is 11. The Morgan fingerprint density at radius 3 is 2.40 bits per heavy atom. The molecule has 0 aromatic heterocycles. The number of piperidine rings is 1. The number of aliphatic hydroxyl groups excluding tert-OH is 1. The maximum atomic E-state index is 13.8. The number of alkyl carbamates (subject to hydrolysis) is 1. The van der Waals surface area contributed by atoms with E-state index in [1.807, 2.05) is 69.3 Å². The summed E-state index contributed by atoms with van der Waals surface area (Å²) in [5.41, 5.74) is 5.48. The number of benzene rings is 3. The van der Waals surface area contributed by atoms with Crippen LogP contribution in [-0.4, -0.2) is 58.9 Å². The van der Waals surface area contributed by atoms with E-state index in [1.54, 1.807) is 0 Å². The molecule has 0 spiro atoms. The first-order chi connectivity index (χ1) is 25.1. The largest absolute Gasteiger partial charge is 0.445 e. The maximum Gasteiger partial charge on any atom is 0.407 e. The molecule has 1 saturated carbocycles. The van der Waals surface area contributed by atoms with Crippen molar-refractivity contribution in [1.82, 2.24) is 15.5 Å². The summed E-state index contributed by atoms with van der Waals surface area (Å²) in [7, 11) is 0. The van der Waals surface area contributed by atoms with Gasteiger partial charge in [0, 0.05) is 36.7 Å². The van der Waals surface area contributed by atoms with Crippen LogP contribution in [0.4, 0.5) is 4.79 Å². The van der Waals surface area contributed by atoms with Crippen LogP contribution >= 0.6 is 0 Å². The minimum Gasteiger partial charge on any atom is -0.445 e. The fourth-order valence-electron chi connectivity index (χ4n) is 8.12. The van der Waals surface area contributed by atoms with E-state index in [1.165, 1.54) is 25.3 Å². The molecule has 2 amide bonds. The summed E-state index contributed by atoms with van der Waals surface area (Å²) < 4.78 is 18.6. The number of carbonyl (C=O) groups excluding carboxylic acids is 2. The number of ether oxygens (including phenoxy) is 3. The highest BCUT2D eigenvalue weighted by molar-refractivity contribution is 5.82. The topological polar surface area (TPSA) is 109 Å². The molecule has 0 radical (unpaired) electrons. The van der Waals surface area contributed by atoms with Crippen molar-refractivity contribution in [1.29, 1.82) is 0 Å². The molecule has 3 aliphatic rings. The number of amides is 2. The molecule has 3 N–H and O–H groups in total. The number of fused-ring (bicyclic) bond motifs is 1. The highest BCUT2D eigenvalue weighted by Gasteiger charge is 2.44. The third kappa shape index (κ3) is 9.50. The highest BCUT2D eigenvalue weighted by atomic mass is 16.7. The van der Waals surface area contributed by atoms with E-state index in [9.17, 15) is 14.7 Å². The van der Waals surface area contributed by atoms with Crippen molar-refractivity contribution in [2.45, 2.75) is 115 Å². The SMILES string of the molecule is C=CCOC(=O)NCc1ccccc1-c1ccc(C2OC(CN3C(C(=O)NC(C)(C)C)CCC4CCCCC43)CC(c3ccc(CO)cc3)O2)cc1. The van der Waals surface area contributed by atoms with E-state index in [-0.39, 0.29) is 42.9 Å². The molecule has 2 saturated heterocycles. The second-order valence-corrected chi connectivity index (χ2v) is 15.5. The minimum absolute atomic E-state index is 0.0133. The molecule has 2 aliphatic heterocycles. The summed E-state index contributed by atoms with van der Waals surface area (Å²) >= 11 is 0. The predicted octanol–water partition coefficient (Wildman–Crippen LogP) is 7.74. The molecule has 6 rings (SSSR count). The van der Waals surface area contributed by atoms with Crippen molar-refractivity contribution < 1.29 is 28.9 Å². The van der Waals surface area contributed by atoms with Crippen LogP contribution < -0.4 is 10.6 Å². The van der Waals surface area contributed by atoms with Crippen LogP contribution in [-0.2, 0) is 32.2 Å². The summed E-state index contributed by atoms with van der Waals surface area (Å²) in [5, 5.41) is 15.8. The van der Waals surface area contributed by atoms with Gasteiger partial charge in [0.1, 0.15) is 6.61 Å². The highest BCUT2D eigenvalue weighted by Crippen LogP contribution is 2.42. The summed E-state index contributed by atoms with van der Waals surface area (Å²) in [4.78, 5) is 28.4. The zero-order valence-corrected chi connectivity index (χ0v) is 30.9. The Kier molecular flexibility index (Phi) is 12.5. The molecule has 2 heterocycles. The summed E-state index contributed by atoms with van der Waals surface area (Å²) in [6.07, 6.45) is 7.42. The Bertz CT molecular complexity index is 1650. The lowest BCUT2D eigenvalue weighted by molar-refractivity contribution is -0.255. The molecule has 278 valence electrons. The third-order valence-corrected chi connectivity index (χ3v) is 10.6. The minimum atomic E-state index is -0.611. The fourth-order valence-corrected chi connectivity index (χ4v) is 8.12. The van der Waals surface area contributed by atoms with Crippen molar-refractivity contribution >= 4 is 12.0 Å². The molecule has 3 aromatic rings. The first-order valence-corrected chi connectivity index (χ1v) is 18.9. The monoisotopic (exact) mass is 709 g/mol. The first kappa shape index (κ1) is 37.7. The Morgan fingerprint density at radius 1 is 0.942 bits per heavy atom. The van der Waals surface area contributed by atoms with Crippen LogP contribution in [0.25, 0.3) is 11.1 Å². The number of likely N-dealkylation sites (tertiary alicyclic amines) is 1. The van der Waals surface area contributed by atoms with E-state index in [4.69, 9.17) is 14.2 Å². The van der Waals surface area contributed by atoms with Crippen LogP contribution in [0.1, 0.15) is 100 Å². The number of hydrogen-bond donors (Lipinski definition) is 3. The number of carbonyl (C=O) groups is 2. The number of hydrogen-bond acceptors (Lipinski definition) is 7. The lowest BCUT2D eigenvalue weighted by Crippen LogP contribution is -2.61. The Hall–Kier alpha value is -4.02. The Balaban J connectivity index is 1.25. The van der Waals surface area contributed by atoms with Crippen LogP contribution in [0.15, 0.2) is 85.5 Å². The van der Waals surface area contributed by atoms with Gasteiger partial charge in [0.15, 0.2) is 6.29 Å². The van der Waals surface area contributed by atoms with Crippen molar-refractivity contribution in [3.8, 4) is 11.1 Å². The Morgan fingerprint density at radius 2 is 1.67 bits per heavy atom. The predicted molar refractivity (Wildman–Crippen MR) is 202 cm³/mol. The molecule has 1 aliphatic carbocycles. The van der Waals surface area contributed by atoms with Gasteiger partial charge >= 0.3 is 6.09 Å². The van der Waals surface area contributed by atoms with E-state index >= 15 is 0 Å². The van der Waals surface area contributed by atoms with Gasteiger partial charge in [-0.25, -0.2) is 4.79 Å². The summed E-state index contributed by atoms with van der Waals surface area (Å²) in [6, 6.07) is 24.3. The van der Waals surface area contributed by atoms with Crippen molar-refractivity contribution in [3.05, 3.63) is 108 Å². The van der Waals surface area contributed by atoms with Gasteiger partial charge in [0.25, 0.3) is 0 Å². The average Bonchev–Trinajstić information content (AvgIpc) is 3.15. The maximum absolute atomic E-state index is 13.8. The molecule has 3 aromatic carbocycles. The second-order valence-electron chi connectivity index (χ2n) is 15.5. The number of aliphatic hydroxyl groups is 1. The molecule has 6 unspecified atom stereocenters. The van der Waals surface area contributed by atoms with Gasteiger partial charge in [0.05, 0.1) is 24.9 Å². The van der Waals surface area contributed by atoms with Crippen LogP contribution in [0.2, 0.25) is 0 Å². The van der Waals surface area contributed by atoms with E-state index in [0.29, 0.717) is 31.5 Å². The van der Waals surface area contributed by atoms with Gasteiger partial charge in [-0.05, 0) is 80.2 Å². The van der Waals surface area contributed by atoms with Gasteiger partial charge < -0.3 is 30.0 Å². The van der Waals surface area contributed by atoms with Crippen LogP contribution in [0.5, 0.6) is 0 Å². The zero-order valence-electron chi connectivity index (χ0n) is 30.9. The molecule has 3 fully saturated rings. The molecular formula is C43H55N3O6. The van der Waals surface area contributed by atoms with Crippen molar-refractivity contribution in [2.75, 3.05) is 13.2 Å². The quantitative estimate of drug-likeness (QED) is 0.175. The lowest BCUT2D eigenvalue weighted by atomic mass is 9.75. The smallest absolute Gasteiger partial charge is 0.407 e. The number of nitrogens with one attached hydrogen (secondary N) is 2. The molecule has 9 heteroatoms. The van der Waals surface area contributed by atoms with Crippen LogP contribution in [0.3, 0.4) is 0 Å². The normalized spacial score (nSPS) is 25.1. The van der Waals surface area contributed by atoms with Crippen LogP contribution in [0, 0.1) is 5.92 Å². The van der Waals surface area contributed by atoms with Gasteiger partial charge in [0.2, 0.25) is 5.91 Å². The van der Waals surface area contributed by atoms with Crippen molar-refractivity contribution in [2.24, 2.45) is 5.92 Å². The summed E-state index contributed by atoms with van der Waals surface area (Å²) in [5.74, 6) is 0.712. The van der Waals surface area contributed by atoms with E-state index in [2.05, 4.69) is 46.4 Å². The molecular weight excluding hydrogens is 654 g/mol. The van der Waals surface area contributed by atoms with Gasteiger partial charge in [-0.1, -0.05) is 98.3 Å². The van der Waals surface area contributed by atoms with E-state index in [0.717, 1.165) is 52.6 Å². The lowest BCUT2D eigenvalue weighted by Gasteiger charge is -2.50. The molecule has 0 bridgehead atoms. The average molecular weight is 710 g/mol. The van der Waals surface area contributed by atoms with Gasteiger partial charge in [-0.15, -0.1) is 0 Å². The van der Waals surface area contributed by atoms with Crippen molar-refractivity contribution in [3.63, 3.8) is 0 Å².